The van der Waals surface area contributed by atoms with E-state index in [1.807, 2.05) is 30.3 Å². The van der Waals surface area contributed by atoms with Gasteiger partial charge in [0.1, 0.15) is 26.4 Å². The number of carbonyl (C=O) groups excluding carboxylic acids is 6. The lowest BCUT2D eigenvalue weighted by Crippen LogP contribution is -2.39. The highest BCUT2D eigenvalue weighted by molar-refractivity contribution is 6.05. The fourth-order valence-electron chi connectivity index (χ4n) is 7.39. The summed E-state index contributed by atoms with van der Waals surface area (Å²) in [6.45, 7) is 15.0. The zero-order valence-electron chi connectivity index (χ0n) is 38.4. The first-order valence-corrected chi connectivity index (χ1v) is 21.6. The van der Waals surface area contributed by atoms with Gasteiger partial charge < -0.3 is 47.7 Å². The molecule has 2 heterocycles. The molecule has 2 aliphatic rings. The number of nitrogens with zero attached hydrogens (tertiary/aromatic N) is 2. The van der Waals surface area contributed by atoms with Crippen molar-refractivity contribution in [3.8, 4) is 23.0 Å². The van der Waals surface area contributed by atoms with Crippen LogP contribution < -0.4 is 29.6 Å². The lowest BCUT2D eigenvalue weighted by Gasteiger charge is -2.25. The number of anilines is 2. The van der Waals surface area contributed by atoms with Gasteiger partial charge in [0.25, 0.3) is 11.8 Å². The van der Waals surface area contributed by atoms with Gasteiger partial charge in [-0.25, -0.2) is 9.59 Å². The van der Waals surface area contributed by atoms with Crippen molar-refractivity contribution >= 4 is 47.3 Å². The van der Waals surface area contributed by atoms with Crippen molar-refractivity contribution in [3.05, 3.63) is 108 Å². The van der Waals surface area contributed by atoms with Crippen LogP contribution in [0, 0.1) is 0 Å². The largest absolute Gasteiger partial charge is 0.493 e. The van der Waals surface area contributed by atoms with Crippen LogP contribution in [0.5, 0.6) is 23.0 Å². The van der Waals surface area contributed by atoms with E-state index in [0.717, 1.165) is 16.7 Å². The molecule has 0 unspecified atom stereocenters. The maximum Gasteiger partial charge on any atom is 0.411 e. The van der Waals surface area contributed by atoms with Crippen LogP contribution in [0.1, 0.15) is 72.2 Å². The summed E-state index contributed by atoms with van der Waals surface area (Å²) in [6.07, 6.45) is 2.42. The summed E-state index contributed by atoms with van der Waals surface area (Å²) in [4.78, 5) is 80.2. The molecule has 2 atom stereocenters. The molecule has 4 amide bonds. The molecule has 2 saturated heterocycles. The Kier molecular flexibility index (Phi) is 18.6. The van der Waals surface area contributed by atoms with Gasteiger partial charge in [0.15, 0.2) is 23.0 Å². The summed E-state index contributed by atoms with van der Waals surface area (Å²) in [6, 6.07) is 14.2. The van der Waals surface area contributed by atoms with Crippen molar-refractivity contribution in [2.45, 2.75) is 64.6 Å². The fourth-order valence-corrected chi connectivity index (χ4v) is 7.39. The predicted molar refractivity (Wildman–Crippen MR) is 247 cm³/mol. The van der Waals surface area contributed by atoms with E-state index < -0.39 is 48.0 Å². The highest BCUT2D eigenvalue weighted by Crippen LogP contribution is 2.38. The Balaban J connectivity index is 1.26. The number of amides is 4. The van der Waals surface area contributed by atoms with Crippen LogP contribution in [0.3, 0.4) is 0 Å². The number of hydrogen-bond donors (Lipinski definition) is 2. The molecule has 2 aliphatic heterocycles. The second-order valence-corrected chi connectivity index (χ2v) is 15.7. The number of esters is 2. The maximum atomic E-state index is 14.2. The zero-order valence-corrected chi connectivity index (χ0v) is 38.4. The lowest BCUT2D eigenvalue weighted by atomic mass is 10.1. The number of unbranched alkanes of at least 4 members (excludes halogenated alkanes) is 2. The van der Waals surface area contributed by atoms with Gasteiger partial charge in [0.2, 0.25) is 0 Å². The van der Waals surface area contributed by atoms with Crippen LogP contribution in [0.2, 0.25) is 0 Å². The Morgan fingerprint density at radius 1 is 0.642 bits per heavy atom. The SMILES string of the molecule is C=CCOC(=O)Nc1cc(OCCCCCOc2cc(NC(=O)OCc3ccccc3)c(C(=O)N3CC(=C)C[C@@H]3COC(C)=O)cc2OC)c(OC)cc1C(=O)N1CC(=C)C[C@@H]1COC(C)=O. The fraction of sp³-hybridized carbons (Fsp3) is 0.388. The highest BCUT2D eigenvalue weighted by Gasteiger charge is 2.36. The third-order valence-electron chi connectivity index (χ3n) is 10.6. The summed E-state index contributed by atoms with van der Waals surface area (Å²) in [5, 5.41) is 5.33. The minimum Gasteiger partial charge on any atom is -0.493 e. The average molecular weight is 927 g/mol. The van der Waals surface area contributed by atoms with Gasteiger partial charge in [-0.1, -0.05) is 67.3 Å². The number of ether oxygens (including phenoxy) is 8. The van der Waals surface area contributed by atoms with Crippen LogP contribution in [0.15, 0.2) is 91.6 Å². The Morgan fingerprint density at radius 2 is 1.10 bits per heavy atom. The zero-order chi connectivity index (χ0) is 48.5. The second-order valence-electron chi connectivity index (χ2n) is 15.7. The van der Waals surface area contributed by atoms with E-state index in [2.05, 4.69) is 30.4 Å². The van der Waals surface area contributed by atoms with Crippen molar-refractivity contribution in [2.75, 3.05) is 71.0 Å². The molecule has 2 fully saturated rings. The monoisotopic (exact) mass is 926 g/mol. The van der Waals surface area contributed by atoms with Gasteiger partial charge in [-0.3, -0.25) is 29.8 Å². The maximum absolute atomic E-state index is 14.2. The van der Waals surface area contributed by atoms with Crippen LogP contribution in [-0.4, -0.2) is 118 Å². The first-order valence-electron chi connectivity index (χ1n) is 21.6. The van der Waals surface area contributed by atoms with E-state index in [-0.39, 0.29) is 98.2 Å². The molecule has 18 nitrogen and oxygen atoms in total. The molecule has 0 radical (unpaired) electrons. The van der Waals surface area contributed by atoms with Crippen molar-refractivity contribution in [1.82, 2.24) is 9.80 Å². The molecule has 0 aromatic heterocycles. The highest BCUT2D eigenvalue weighted by atomic mass is 16.6. The molecule has 67 heavy (non-hydrogen) atoms. The van der Waals surface area contributed by atoms with E-state index in [4.69, 9.17) is 37.9 Å². The smallest absolute Gasteiger partial charge is 0.411 e. The van der Waals surface area contributed by atoms with Crippen molar-refractivity contribution in [1.29, 1.82) is 0 Å². The Hall–Kier alpha value is -7.50. The van der Waals surface area contributed by atoms with Crippen LogP contribution in [0.4, 0.5) is 21.0 Å². The topological polar surface area (TPSA) is 207 Å². The number of benzene rings is 3. The molecule has 358 valence electrons. The molecule has 3 aromatic rings. The number of nitrogens with one attached hydrogen (secondary N) is 2. The minimum absolute atomic E-state index is 0.00766. The van der Waals surface area contributed by atoms with E-state index in [0.29, 0.717) is 32.1 Å². The molecule has 0 spiro atoms. The Bertz CT molecular complexity index is 2320. The van der Waals surface area contributed by atoms with E-state index >= 15 is 0 Å². The summed E-state index contributed by atoms with van der Waals surface area (Å²) in [5.74, 6) is -0.854. The molecule has 3 aromatic carbocycles. The summed E-state index contributed by atoms with van der Waals surface area (Å²) in [5.41, 5.74) is 2.76. The normalized spacial score (nSPS) is 15.3. The number of likely N-dealkylation sites (tertiary alicyclic amines) is 2. The number of methoxy groups -OCH3 is 2. The van der Waals surface area contributed by atoms with Gasteiger partial charge in [0, 0.05) is 39.1 Å². The molecule has 0 bridgehead atoms. The van der Waals surface area contributed by atoms with Crippen LogP contribution >= 0.6 is 0 Å². The van der Waals surface area contributed by atoms with Crippen LogP contribution in [-0.2, 0) is 35.1 Å². The van der Waals surface area contributed by atoms with E-state index in [1.54, 1.807) is 4.90 Å². The predicted octanol–water partition coefficient (Wildman–Crippen LogP) is 7.48. The van der Waals surface area contributed by atoms with Gasteiger partial charge in [-0.15, -0.1) is 0 Å². The Labute approximate surface area is 389 Å². The van der Waals surface area contributed by atoms with Crippen LogP contribution in [0.25, 0.3) is 0 Å². The van der Waals surface area contributed by atoms with Crippen molar-refractivity contribution < 1.29 is 66.7 Å². The molecule has 0 saturated carbocycles. The van der Waals surface area contributed by atoms with Crippen molar-refractivity contribution in [2.24, 2.45) is 0 Å². The van der Waals surface area contributed by atoms with Gasteiger partial charge >= 0.3 is 24.1 Å². The molecular formula is C49H58N4O14. The summed E-state index contributed by atoms with van der Waals surface area (Å²) >= 11 is 0. The third kappa shape index (κ3) is 14.5. The number of hydrogen-bond acceptors (Lipinski definition) is 14. The molecule has 0 aliphatic carbocycles. The summed E-state index contributed by atoms with van der Waals surface area (Å²) in [7, 11) is 2.86. The molecule has 5 rings (SSSR count). The minimum atomic E-state index is -0.820. The average Bonchev–Trinajstić information content (AvgIpc) is 3.89. The number of carbonyl (C=O) groups is 6. The number of rotatable bonds is 22. The molecular weight excluding hydrogens is 869 g/mol. The quantitative estimate of drug-likeness (QED) is 0.0434. The van der Waals surface area contributed by atoms with E-state index in [1.165, 1.54) is 63.3 Å². The third-order valence-corrected chi connectivity index (χ3v) is 10.6. The molecule has 18 heteroatoms. The molecule has 2 N–H and O–H groups in total. The lowest BCUT2D eigenvalue weighted by molar-refractivity contribution is -0.143. The first kappa shape index (κ1) is 50.5. The van der Waals surface area contributed by atoms with Gasteiger partial charge in [0.05, 0.1) is 62.0 Å². The standard InChI is InChI=1S/C49H58N4O14/c1-8-17-64-48(58)50-40-24-44(42(60-6)22-38(40)46(56)52-26-31(2)20-36(52)29-65-33(4)54)62-18-13-10-14-19-63-45-25-41(51-49(59)67-28-35-15-11-9-12-16-35)39(23-43(45)61-7)47(57)53-27-32(3)21-37(53)30-66-34(5)55/h8-9,11-12,15-16,22-25,36-37H,1-3,10,13-14,17-21,26-30H2,4-7H3,(H,50,58)(H,51,59)/t36-,37-/m1/s1. The second kappa shape index (κ2) is 24.7. The van der Waals surface area contributed by atoms with Gasteiger partial charge in [-0.2, -0.15) is 0 Å². The Morgan fingerprint density at radius 3 is 1.54 bits per heavy atom. The first-order chi connectivity index (χ1) is 32.2. The summed E-state index contributed by atoms with van der Waals surface area (Å²) < 4.78 is 44.6. The van der Waals surface area contributed by atoms with Gasteiger partial charge in [-0.05, 0) is 49.8 Å². The van der Waals surface area contributed by atoms with E-state index in [9.17, 15) is 28.8 Å². The van der Waals surface area contributed by atoms with Crippen molar-refractivity contribution in [3.63, 3.8) is 0 Å².